The zero-order valence-electron chi connectivity index (χ0n) is 33.1. The number of rotatable bonds is 18. The first-order valence-electron chi connectivity index (χ1n) is 18.6. The second kappa shape index (κ2) is 25.0. The Balaban J connectivity index is 0.000000315. The molecule has 0 aromatic rings. The summed E-state index contributed by atoms with van der Waals surface area (Å²) in [5, 5.41) is 0. The highest BCUT2D eigenvalue weighted by Crippen LogP contribution is 2.55. The summed E-state index contributed by atoms with van der Waals surface area (Å²) in [7, 11) is 17.7. The van der Waals surface area contributed by atoms with E-state index in [-0.39, 0.29) is 74.1 Å². The van der Waals surface area contributed by atoms with Crippen molar-refractivity contribution >= 4 is 70.0 Å². The zero-order chi connectivity index (χ0) is 41.7. The topological polar surface area (TPSA) is 196 Å². The third kappa shape index (κ3) is 21.3. The van der Waals surface area contributed by atoms with Crippen LogP contribution in [-0.4, -0.2) is 153 Å². The minimum absolute atomic E-state index is 0.00104. The summed E-state index contributed by atoms with van der Waals surface area (Å²) in [5.41, 5.74) is 0. The number of ether oxygens (including phenoxy) is 8. The maximum atomic E-state index is 12.4. The van der Waals surface area contributed by atoms with Gasteiger partial charge in [-0.05, 0) is 81.1 Å². The predicted molar refractivity (Wildman–Crippen MR) is 210 cm³/mol. The lowest BCUT2D eigenvalue weighted by atomic mass is 9.96. The van der Waals surface area contributed by atoms with Crippen LogP contribution in [-0.2, 0) is 56.1 Å². The Kier molecular flexibility index (Phi) is 23.6. The smallest absolute Gasteiger partial charge is 0.192 e. The summed E-state index contributed by atoms with van der Waals surface area (Å²) < 4.78 is 76.6. The molecule has 4 saturated heterocycles. The van der Waals surface area contributed by atoms with E-state index in [2.05, 4.69) is 17.2 Å². The molecule has 0 aliphatic carbocycles. The fourth-order valence-electron chi connectivity index (χ4n) is 5.90. The molecule has 312 valence electrons. The van der Waals surface area contributed by atoms with Crippen molar-refractivity contribution in [3.8, 4) is 0 Å². The van der Waals surface area contributed by atoms with Gasteiger partial charge < -0.3 is 66.2 Å². The van der Waals surface area contributed by atoms with E-state index in [0.717, 1.165) is 6.42 Å². The van der Waals surface area contributed by atoms with E-state index in [9.17, 15) is 23.8 Å². The SMILES string of the molecule is [B][C@H]1C[C@@H](OC(C)C)[C@@H](CS)O1.[B][C@H]1C[C@@H](OC(C)C)[C@@H](CSP(=O)([O-])O[C@@H]2C[C@H]([B])O[C@@H]2COC(C)C)O1.[B][C@H]1C[C@@H](OP(=O)([O-])[O-])[C@@H](COC(C)C)O1. The molecule has 1 unspecified atom stereocenters. The first-order valence-corrected chi connectivity index (χ1v) is 23.8. The average Bonchev–Trinajstić information content (AvgIpc) is 3.77. The Morgan fingerprint density at radius 3 is 1.35 bits per heavy atom. The van der Waals surface area contributed by atoms with Crippen molar-refractivity contribution in [2.45, 2.75) is 178 Å². The Morgan fingerprint density at radius 2 is 0.964 bits per heavy atom. The standard InChI is InChI=1S/C16H29B2O7PS.C8H16BO6P.C8H15BO2S/c1-9(2)21-7-13-12(6-16(18)23-13)25-26(19,20)27-8-14-11(22-10(3)4)5-15(17)24-14;1-5(2)13-4-7-6(3-8(9)14-7)15-16(10,11)12;1-5(2)10-6-3-8(9)11-7(6)4-12/h9-16H,5-8H2,1-4H3,(H,19,20);5-8H,3-4H2,1-2H3,(H2,10,11,12);5-8,12H,3-4H2,1-2H3/p-3/t11-,12-,13-,14-,15-,16-;2*6-,7-,8-/m111/s1. The third-order valence-electron chi connectivity index (χ3n) is 8.10. The van der Waals surface area contributed by atoms with E-state index in [1.54, 1.807) is 0 Å². The van der Waals surface area contributed by atoms with Crippen molar-refractivity contribution in [1.82, 2.24) is 0 Å². The van der Waals surface area contributed by atoms with Gasteiger partial charge in [-0.2, -0.15) is 12.6 Å². The molecule has 0 saturated carbocycles. The van der Waals surface area contributed by atoms with Gasteiger partial charge >= 0.3 is 0 Å². The lowest BCUT2D eigenvalue weighted by Crippen LogP contribution is -2.32. The van der Waals surface area contributed by atoms with Gasteiger partial charge in [0.2, 0.25) is 0 Å². The molecule has 0 bridgehead atoms. The lowest BCUT2D eigenvalue weighted by Gasteiger charge is -2.33. The molecule has 0 N–H and O–H groups in total. The fraction of sp³-hybridized carbons (Fsp3) is 1.00. The lowest BCUT2D eigenvalue weighted by molar-refractivity contribution is -0.345. The minimum atomic E-state index is -5.02. The van der Waals surface area contributed by atoms with Crippen LogP contribution in [0.2, 0.25) is 0 Å². The van der Waals surface area contributed by atoms with Gasteiger partial charge in [0.05, 0.1) is 82.1 Å². The maximum absolute atomic E-state index is 12.4. The monoisotopic (exact) mass is 851 g/mol. The summed E-state index contributed by atoms with van der Waals surface area (Å²) in [6.07, 6.45) is -1.11. The molecular formula is C32H57B4O15P2S2-3. The Labute approximate surface area is 342 Å². The van der Waals surface area contributed by atoms with Crippen LogP contribution in [0.3, 0.4) is 0 Å². The fourth-order valence-corrected chi connectivity index (χ4v) is 9.52. The molecule has 4 aliphatic rings. The molecule has 23 heteroatoms. The van der Waals surface area contributed by atoms with Gasteiger partial charge in [-0.15, -0.1) is 0 Å². The number of phosphoric acid groups is 1. The maximum Gasteiger partial charge on any atom is 0.192 e. The summed E-state index contributed by atoms with van der Waals surface area (Å²) in [5.74, 6) is 0.851. The highest BCUT2D eigenvalue weighted by atomic mass is 32.7. The van der Waals surface area contributed by atoms with Gasteiger partial charge in [0.15, 0.2) is 6.80 Å². The first-order chi connectivity index (χ1) is 25.5. The van der Waals surface area contributed by atoms with Crippen LogP contribution in [0, 0.1) is 0 Å². The van der Waals surface area contributed by atoms with Crippen LogP contribution in [0.5, 0.6) is 0 Å². The highest BCUT2D eigenvalue weighted by molar-refractivity contribution is 8.54. The van der Waals surface area contributed by atoms with Crippen molar-refractivity contribution in [2.24, 2.45) is 0 Å². The van der Waals surface area contributed by atoms with Crippen molar-refractivity contribution in [3.05, 3.63) is 0 Å². The van der Waals surface area contributed by atoms with Gasteiger partial charge in [0.25, 0.3) is 0 Å². The number of phosphoric ester groups is 1. The molecule has 4 rings (SSSR count). The van der Waals surface area contributed by atoms with Crippen molar-refractivity contribution in [1.29, 1.82) is 0 Å². The minimum Gasteiger partial charge on any atom is -0.790 e. The number of thiol groups is 1. The van der Waals surface area contributed by atoms with Crippen molar-refractivity contribution in [2.75, 3.05) is 24.7 Å². The molecule has 4 fully saturated rings. The van der Waals surface area contributed by atoms with Crippen molar-refractivity contribution in [3.63, 3.8) is 0 Å². The van der Waals surface area contributed by atoms with E-state index < -0.39 is 63.2 Å². The van der Waals surface area contributed by atoms with E-state index in [1.807, 2.05) is 55.4 Å². The highest BCUT2D eigenvalue weighted by Gasteiger charge is 2.39. The van der Waals surface area contributed by atoms with Gasteiger partial charge in [0.1, 0.15) is 43.6 Å². The number of hydrogen-bond acceptors (Lipinski definition) is 17. The Bertz CT molecular complexity index is 1180. The summed E-state index contributed by atoms with van der Waals surface area (Å²) in [6, 6.07) is -1.82. The third-order valence-corrected chi connectivity index (χ3v) is 12.0. The molecule has 4 aliphatic heterocycles. The largest absolute Gasteiger partial charge is 0.790 e. The zero-order valence-corrected chi connectivity index (χ0v) is 36.6. The van der Waals surface area contributed by atoms with Crippen LogP contribution >= 0.6 is 38.6 Å². The molecule has 0 spiro atoms. The van der Waals surface area contributed by atoms with Gasteiger partial charge in [-0.25, -0.2) is 0 Å². The van der Waals surface area contributed by atoms with Gasteiger partial charge in [0, 0.05) is 35.5 Å². The second-order valence-electron chi connectivity index (χ2n) is 14.7. The Hall–Kier alpha value is 0.900. The van der Waals surface area contributed by atoms with Gasteiger partial charge in [-0.1, -0.05) is 11.4 Å². The molecule has 0 amide bonds. The summed E-state index contributed by atoms with van der Waals surface area (Å²) in [6.45, 7) is 11.5. The molecule has 55 heavy (non-hydrogen) atoms. The van der Waals surface area contributed by atoms with E-state index in [0.29, 0.717) is 30.0 Å². The van der Waals surface area contributed by atoms with Crippen LogP contribution in [0.15, 0.2) is 0 Å². The van der Waals surface area contributed by atoms with Crippen LogP contribution in [0.1, 0.15) is 81.1 Å². The average molecular weight is 851 g/mol. The summed E-state index contributed by atoms with van der Waals surface area (Å²) >= 11 is 4.88. The molecule has 0 aromatic carbocycles. The molecule has 15 nitrogen and oxygen atoms in total. The first kappa shape index (κ1) is 52.0. The summed E-state index contributed by atoms with van der Waals surface area (Å²) in [4.78, 5) is 33.4. The predicted octanol–water partition coefficient (Wildman–Crippen LogP) is 1.26. The van der Waals surface area contributed by atoms with E-state index >= 15 is 0 Å². The second-order valence-corrected chi connectivity index (χ2v) is 19.9. The Morgan fingerprint density at radius 1 is 0.600 bits per heavy atom. The number of hydrogen-bond donors (Lipinski definition) is 1. The molecule has 13 atom stereocenters. The molecular weight excluding hydrogens is 794 g/mol. The van der Waals surface area contributed by atoms with Crippen molar-refractivity contribution < 1.29 is 70.8 Å². The van der Waals surface area contributed by atoms with Crippen LogP contribution in [0.4, 0.5) is 0 Å². The normalized spacial score (nSPS) is 34.9. The van der Waals surface area contributed by atoms with E-state index in [4.69, 9.17) is 73.8 Å². The van der Waals surface area contributed by atoms with Crippen LogP contribution < -0.4 is 14.7 Å². The molecule has 0 aromatic heterocycles. The van der Waals surface area contributed by atoms with Gasteiger partial charge in [-0.3, -0.25) is 4.57 Å². The van der Waals surface area contributed by atoms with E-state index in [1.165, 1.54) is 0 Å². The molecule has 4 heterocycles. The quantitative estimate of drug-likeness (QED) is 0.118. The molecule has 8 radical (unpaired) electrons. The van der Waals surface area contributed by atoms with Crippen LogP contribution in [0.25, 0.3) is 0 Å².